The van der Waals surface area contributed by atoms with Gasteiger partial charge in [-0.15, -0.1) is 23.7 Å². The van der Waals surface area contributed by atoms with Crippen molar-refractivity contribution < 1.29 is 4.79 Å². The Hall–Kier alpha value is -1.17. The van der Waals surface area contributed by atoms with Gasteiger partial charge in [0.25, 0.3) is 0 Å². The Bertz CT molecular complexity index is 714. The molecular formula is C16H20ClN3OS. The van der Waals surface area contributed by atoms with Crippen LogP contribution in [-0.4, -0.2) is 16.9 Å². The Kier molecular flexibility index (Phi) is 4.14. The molecule has 1 aromatic carbocycles. The van der Waals surface area contributed by atoms with E-state index >= 15 is 0 Å². The van der Waals surface area contributed by atoms with Crippen molar-refractivity contribution in [2.24, 2.45) is 23.5 Å². The van der Waals surface area contributed by atoms with Gasteiger partial charge in [0.2, 0.25) is 5.91 Å². The fraction of sp³-hybridized carbons (Fsp3) is 0.500. The van der Waals surface area contributed by atoms with E-state index in [1.54, 1.807) is 11.3 Å². The van der Waals surface area contributed by atoms with Crippen LogP contribution >= 0.6 is 23.7 Å². The molecule has 118 valence electrons. The van der Waals surface area contributed by atoms with E-state index in [9.17, 15) is 4.79 Å². The molecule has 6 heteroatoms. The number of hydrogen-bond acceptors (Lipinski definition) is 4. The van der Waals surface area contributed by atoms with Crippen LogP contribution in [0.4, 0.5) is 5.69 Å². The van der Waals surface area contributed by atoms with Crippen LogP contribution in [0.3, 0.4) is 0 Å². The number of carbonyl (C=O) groups is 1. The molecule has 22 heavy (non-hydrogen) atoms. The number of thiazole rings is 1. The lowest BCUT2D eigenvalue weighted by Gasteiger charge is -2.27. The number of aromatic nitrogens is 1. The highest BCUT2D eigenvalue weighted by atomic mass is 35.5. The Labute approximate surface area is 139 Å². The largest absolute Gasteiger partial charge is 0.327 e. The van der Waals surface area contributed by atoms with Crippen LogP contribution in [0.25, 0.3) is 10.2 Å². The molecule has 1 heterocycles. The molecule has 0 radical (unpaired) electrons. The number of nitrogens with one attached hydrogen (secondary N) is 1. The highest BCUT2D eigenvalue weighted by molar-refractivity contribution is 7.18. The van der Waals surface area contributed by atoms with E-state index in [0.717, 1.165) is 33.8 Å². The molecule has 0 saturated heterocycles. The number of amides is 1. The summed E-state index contributed by atoms with van der Waals surface area (Å²) in [5, 5.41) is 4.11. The molecule has 0 aliphatic heterocycles. The molecule has 4 rings (SSSR count). The van der Waals surface area contributed by atoms with Gasteiger partial charge in [-0.1, -0.05) is 0 Å². The average molecular weight is 338 g/mol. The smallest absolute Gasteiger partial charge is 0.229 e. The minimum Gasteiger partial charge on any atom is -0.327 e. The number of aryl methyl sites for hydroxylation is 1. The second-order valence-electron chi connectivity index (χ2n) is 6.34. The van der Waals surface area contributed by atoms with Gasteiger partial charge in [0.15, 0.2) is 0 Å². The number of benzene rings is 1. The van der Waals surface area contributed by atoms with Crippen molar-refractivity contribution in [3.63, 3.8) is 0 Å². The minimum atomic E-state index is -0.0114. The van der Waals surface area contributed by atoms with E-state index in [2.05, 4.69) is 10.3 Å². The number of halogens is 1. The summed E-state index contributed by atoms with van der Waals surface area (Å²) in [6, 6.07) is 5.95. The van der Waals surface area contributed by atoms with Gasteiger partial charge in [0.1, 0.15) is 0 Å². The van der Waals surface area contributed by atoms with E-state index in [4.69, 9.17) is 5.73 Å². The third kappa shape index (κ3) is 2.51. The van der Waals surface area contributed by atoms with E-state index in [0.29, 0.717) is 11.8 Å². The summed E-state index contributed by atoms with van der Waals surface area (Å²) in [5.41, 5.74) is 8.09. The zero-order chi connectivity index (χ0) is 14.6. The second kappa shape index (κ2) is 5.80. The topological polar surface area (TPSA) is 68.0 Å². The minimum absolute atomic E-state index is 0. The van der Waals surface area contributed by atoms with Crippen LogP contribution in [0.1, 0.15) is 24.3 Å². The zero-order valence-electron chi connectivity index (χ0n) is 12.4. The summed E-state index contributed by atoms with van der Waals surface area (Å²) in [6.45, 7) is 2.00. The maximum Gasteiger partial charge on any atom is 0.229 e. The Morgan fingerprint density at radius 3 is 2.86 bits per heavy atom. The Morgan fingerprint density at radius 1 is 1.36 bits per heavy atom. The Morgan fingerprint density at radius 2 is 2.14 bits per heavy atom. The number of rotatable bonds is 2. The zero-order valence-corrected chi connectivity index (χ0v) is 14.0. The van der Waals surface area contributed by atoms with Crippen LogP contribution in [0.15, 0.2) is 18.2 Å². The highest BCUT2D eigenvalue weighted by Crippen LogP contribution is 2.47. The van der Waals surface area contributed by atoms with E-state index in [1.807, 2.05) is 25.1 Å². The van der Waals surface area contributed by atoms with Gasteiger partial charge >= 0.3 is 0 Å². The number of hydrogen-bond donors (Lipinski definition) is 2. The van der Waals surface area contributed by atoms with Gasteiger partial charge in [-0.3, -0.25) is 4.79 Å². The fourth-order valence-electron chi connectivity index (χ4n) is 4.07. The third-order valence-electron chi connectivity index (χ3n) is 5.05. The number of anilines is 1. The molecule has 4 atom stereocenters. The molecule has 3 N–H and O–H groups in total. The molecule has 4 unspecified atom stereocenters. The summed E-state index contributed by atoms with van der Waals surface area (Å²) in [5.74, 6) is 1.12. The predicted octanol–water partition coefficient (Wildman–Crippen LogP) is 3.34. The highest BCUT2D eigenvalue weighted by Gasteiger charge is 2.49. The fourth-order valence-corrected chi connectivity index (χ4v) is 4.93. The summed E-state index contributed by atoms with van der Waals surface area (Å²) in [4.78, 5) is 17.0. The maximum absolute atomic E-state index is 12.6. The third-order valence-corrected chi connectivity index (χ3v) is 5.98. The molecule has 4 nitrogen and oxygen atoms in total. The number of carbonyl (C=O) groups excluding carboxylic acids is 1. The molecule has 2 bridgehead atoms. The standard InChI is InChI=1S/C16H19N3OS.ClH/c1-8-18-12-5-4-11(7-13(12)21-8)19-16(20)14-9-2-3-10(6-9)15(14)17;/h4-5,7,9-10,14-15H,2-3,6,17H2,1H3,(H,19,20);1H. The molecule has 0 spiro atoms. The van der Waals surface area contributed by atoms with Crippen LogP contribution in [0.5, 0.6) is 0 Å². The molecular weight excluding hydrogens is 318 g/mol. The van der Waals surface area contributed by atoms with Crippen LogP contribution in [0, 0.1) is 24.7 Å². The van der Waals surface area contributed by atoms with Crippen LogP contribution in [-0.2, 0) is 4.79 Å². The molecule has 2 aromatic rings. The average Bonchev–Trinajstić information content (AvgIpc) is 3.10. The molecule has 2 aliphatic carbocycles. The Balaban J connectivity index is 0.00000144. The summed E-state index contributed by atoms with van der Waals surface area (Å²) in [6.07, 6.45) is 3.48. The number of nitrogens with zero attached hydrogens (tertiary/aromatic N) is 1. The molecule has 1 amide bonds. The van der Waals surface area contributed by atoms with Gasteiger partial charge in [-0.25, -0.2) is 4.98 Å². The van der Waals surface area contributed by atoms with Crippen molar-refractivity contribution in [2.45, 2.75) is 32.2 Å². The molecule has 2 aliphatic rings. The van der Waals surface area contributed by atoms with Crippen molar-refractivity contribution >= 4 is 45.6 Å². The van der Waals surface area contributed by atoms with Crippen molar-refractivity contribution in [3.05, 3.63) is 23.2 Å². The van der Waals surface area contributed by atoms with Crippen molar-refractivity contribution in [1.82, 2.24) is 4.98 Å². The van der Waals surface area contributed by atoms with Gasteiger partial charge in [0.05, 0.1) is 21.1 Å². The van der Waals surface area contributed by atoms with E-state index < -0.39 is 0 Å². The second-order valence-corrected chi connectivity index (χ2v) is 7.58. The first-order valence-electron chi connectivity index (χ1n) is 7.55. The van der Waals surface area contributed by atoms with Crippen LogP contribution < -0.4 is 11.1 Å². The van der Waals surface area contributed by atoms with E-state index in [1.165, 1.54) is 6.42 Å². The van der Waals surface area contributed by atoms with Crippen LogP contribution in [0.2, 0.25) is 0 Å². The van der Waals surface area contributed by atoms with E-state index in [-0.39, 0.29) is 30.3 Å². The lowest BCUT2D eigenvalue weighted by molar-refractivity contribution is -0.121. The quantitative estimate of drug-likeness (QED) is 0.883. The number of nitrogens with two attached hydrogens (primary N) is 1. The maximum atomic E-state index is 12.6. The monoisotopic (exact) mass is 337 g/mol. The molecule has 2 fully saturated rings. The first-order valence-corrected chi connectivity index (χ1v) is 8.37. The lowest BCUT2D eigenvalue weighted by Crippen LogP contribution is -2.42. The number of fused-ring (bicyclic) bond motifs is 3. The van der Waals surface area contributed by atoms with Gasteiger partial charge in [-0.05, 0) is 56.2 Å². The first kappa shape index (κ1) is 15.7. The van der Waals surface area contributed by atoms with Gasteiger partial charge in [-0.2, -0.15) is 0 Å². The van der Waals surface area contributed by atoms with Crippen molar-refractivity contribution in [3.8, 4) is 0 Å². The molecule has 2 saturated carbocycles. The summed E-state index contributed by atoms with van der Waals surface area (Å²) in [7, 11) is 0. The normalized spacial score (nSPS) is 29.5. The summed E-state index contributed by atoms with van der Waals surface area (Å²) < 4.78 is 1.11. The van der Waals surface area contributed by atoms with Crippen molar-refractivity contribution in [2.75, 3.05) is 5.32 Å². The SMILES string of the molecule is Cc1nc2ccc(NC(=O)C3C4CCC(C4)C3N)cc2s1.Cl. The first-order chi connectivity index (χ1) is 10.1. The van der Waals surface area contributed by atoms with Gasteiger partial charge in [0, 0.05) is 11.7 Å². The summed E-state index contributed by atoms with van der Waals surface area (Å²) >= 11 is 1.65. The molecule has 1 aromatic heterocycles. The van der Waals surface area contributed by atoms with Gasteiger partial charge < -0.3 is 11.1 Å². The lowest BCUT2D eigenvalue weighted by atomic mass is 9.84. The predicted molar refractivity (Wildman–Crippen MR) is 92.5 cm³/mol. The van der Waals surface area contributed by atoms with Crippen molar-refractivity contribution in [1.29, 1.82) is 0 Å².